The third-order valence-corrected chi connectivity index (χ3v) is 6.36. The van der Waals surface area contributed by atoms with E-state index < -0.39 is 0 Å². The topological polar surface area (TPSA) is 48.6 Å². The second-order valence-corrected chi connectivity index (χ2v) is 8.34. The molecule has 2 heterocycles. The number of carbonyl (C=O) groups is 1. The minimum atomic E-state index is -0.273. The molecule has 1 N–H and O–H groups in total. The predicted octanol–water partition coefficient (Wildman–Crippen LogP) is 4.11. The lowest BCUT2D eigenvalue weighted by Gasteiger charge is -2.36. The van der Waals surface area contributed by atoms with Crippen LogP contribution in [0.2, 0.25) is 0 Å². The molecule has 0 bridgehead atoms. The normalized spacial score (nSPS) is 15.9. The monoisotopic (exact) mass is 423 g/mol. The largest absolute Gasteiger partial charge is 0.497 e. The summed E-state index contributed by atoms with van der Waals surface area (Å²) >= 11 is 0. The Morgan fingerprint density at radius 3 is 2.52 bits per heavy atom. The Morgan fingerprint density at radius 2 is 1.84 bits per heavy atom. The van der Waals surface area contributed by atoms with Crippen molar-refractivity contribution >= 4 is 16.8 Å². The molecule has 1 atom stereocenters. The summed E-state index contributed by atoms with van der Waals surface area (Å²) in [5.74, 6) is 0.485. The number of benzene rings is 2. The molecular formula is C25H30FN3O2. The van der Waals surface area contributed by atoms with Crippen molar-refractivity contribution in [3.63, 3.8) is 0 Å². The lowest BCUT2D eigenvalue weighted by atomic mass is 9.96. The summed E-state index contributed by atoms with van der Waals surface area (Å²) in [7, 11) is 1.68. The summed E-state index contributed by atoms with van der Waals surface area (Å²) in [5.41, 5.74) is 3.94. The number of H-pyrrole nitrogens is 1. The highest BCUT2D eigenvalue weighted by atomic mass is 19.1. The molecule has 4 rings (SSSR count). The van der Waals surface area contributed by atoms with Crippen molar-refractivity contribution in [1.82, 2.24) is 14.8 Å². The number of aryl methyl sites for hydroxylation is 1. The molecule has 1 aromatic heterocycles. The highest BCUT2D eigenvalue weighted by molar-refractivity contribution is 5.93. The molecule has 164 valence electrons. The average molecular weight is 424 g/mol. The number of aromatic amines is 1. The van der Waals surface area contributed by atoms with Gasteiger partial charge in [0.25, 0.3) is 0 Å². The van der Waals surface area contributed by atoms with E-state index in [1.807, 2.05) is 30.9 Å². The first kappa shape index (κ1) is 21.4. The number of amides is 1. The number of methoxy groups -OCH3 is 1. The van der Waals surface area contributed by atoms with Crippen molar-refractivity contribution in [3.05, 3.63) is 65.1 Å². The Labute approximate surface area is 182 Å². The van der Waals surface area contributed by atoms with Crippen LogP contribution in [0.25, 0.3) is 10.9 Å². The van der Waals surface area contributed by atoms with Gasteiger partial charge in [-0.3, -0.25) is 9.69 Å². The molecule has 0 saturated carbocycles. The van der Waals surface area contributed by atoms with Gasteiger partial charge in [0.1, 0.15) is 11.6 Å². The molecule has 1 fully saturated rings. The van der Waals surface area contributed by atoms with Gasteiger partial charge in [-0.2, -0.15) is 0 Å². The van der Waals surface area contributed by atoms with Gasteiger partial charge in [0.15, 0.2) is 0 Å². The molecule has 0 aliphatic carbocycles. The number of rotatable bonds is 6. The van der Waals surface area contributed by atoms with Crippen molar-refractivity contribution < 1.29 is 13.9 Å². The van der Waals surface area contributed by atoms with E-state index >= 15 is 0 Å². The number of nitrogens with zero attached hydrogens (tertiary/aromatic N) is 2. The summed E-state index contributed by atoms with van der Waals surface area (Å²) in [6.07, 6.45) is 0.986. The van der Waals surface area contributed by atoms with Gasteiger partial charge in [-0.1, -0.05) is 12.1 Å². The van der Waals surface area contributed by atoms with E-state index in [-0.39, 0.29) is 17.6 Å². The molecule has 1 aliphatic rings. The maximum atomic E-state index is 13.6. The first-order valence-electron chi connectivity index (χ1n) is 10.9. The number of fused-ring (bicyclic) bond motifs is 1. The second kappa shape index (κ2) is 9.10. The van der Waals surface area contributed by atoms with Crippen LogP contribution in [0.5, 0.6) is 5.75 Å². The molecule has 5 nitrogen and oxygen atoms in total. The minimum Gasteiger partial charge on any atom is -0.497 e. The SMILES string of the molecule is COc1ccc(CCN2CCN(C(=O)C(C)c3c(C)[nH]c4cc(F)ccc34)CC2)cc1. The molecule has 31 heavy (non-hydrogen) atoms. The molecular weight excluding hydrogens is 393 g/mol. The van der Waals surface area contributed by atoms with Gasteiger partial charge in [-0.15, -0.1) is 0 Å². The van der Waals surface area contributed by atoms with E-state index in [1.165, 1.54) is 17.7 Å². The van der Waals surface area contributed by atoms with Gasteiger partial charge in [0, 0.05) is 49.3 Å². The molecule has 1 amide bonds. The molecule has 1 aliphatic heterocycles. The van der Waals surface area contributed by atoms with Crippen LogP contribution in [0, 0.1) is 12.7 Å². The van der Waals surface area contributed by atoms with Crippen LogP contribution < -0.4 is 4.74 Å². The lowest BCUT2D eigenvalue weighted by Crippen LogP contribution is -2.50. The number of carbonyl (C=O) groups excluding carboxylic acids is 1. The first-order chi connectivity index (χ1) is 15.0. The molecule has 0 spiro atoms. The zero-order valence-corrected chi connectivity index (χ0v) is 18.5. The molecule has 2 aromatic carbocycles. The number of ether oxygens (including phenoxy) is 1. The van der Waals surface area contributed by atoms with Crippen LogP contribution in [-0.4, -0.2) is 60.5 Å². The third-order valence-electron chi connectivity index (χ3n) is 6.36. The summed E-state index contributed by atoms with van der Waals surface area (Å²) in [6.45, 7) is 8.13. The van der Waals surface area contributed by atoms with E-state index in [0.29, 0.717) is 0 Å². The van der Waals surface area contributed by atoms with Crippen molar-refractivity contribution in [2.24, 2.45) is 0 Å². The number of aromatic nitrogens is 1. The van der Waals surface area contributed by atoms with E-state index in [4.69, 9.17) is 4.74 Å². The van der Waals surface area contributed by atoms with Crippen molar-refractivity contribution in [2.75, 3.05) is 39.8 Å². The molecule has 1 saturated heterocycles. The van der Waals surface area contributed by atoms with Crippen LogP contribution in [0.15, 0.2) is 42.5 Å². The van der Waals surface area contributed by atoms with Crippen LogP contribution >= 0.6 is 0 Å². The smallest absolute Gasteiger partial charge is 0.230 e. The number of nitrogens with one attached hydrogen (secondary N) is 1. The van der Waals surface area contributed by atoms with Gasteiger partial charge >= 0.3 is 0 Å². The van der Waals surface area contributed by atoms with E-state index in [0.717, 1.165) is 67.1 Å². The van der Waals surface area contributed by atoms with Gasteiger partial charge in [-0.05, 0) is 61.7 Å². The van der Waals surface area contributed by atoms with E-state index in [1.54, 1.807) is 13.2 Å². The minimum absolute atomic E-state index is 0.142. The molecule has 3 aromatic rings. The zero-order chi connectivity index (χ0) is 22.0. The summed E-state index contributed by atoms with van der Waals surface area (Å²) in [5, 5.41) is 0.929. The molecule has 6 heteroatoms. The quantitative estimate of drug-likeness (QED) is 0.649. The fourth-order valence-electron chi connectivity index (χ4n) is 4.55. The summed E-state index contributed by atoms with van der Waals surface area (Å²) in [4.78, 5) is 20.8. The van der Waals surface area contributed by atoms with E-state index in [2.05, 4.69) is 22.0 Å². The van der Waals surface area contributed by atoms with E-state index in [9.17, 15) is 9.18 Å². The van der Waals surface area contributed by atoms with Crippen molar-refractivity contribution in [2.45, 2.75) is 26.2 Å². The van der Waals surface area contributed by atoms with Crippen molar-refractivity contribution in [3.8, 4) is 5.75 Å². The van der Waals surface area contributed by atoms with Crippen LogP contribution in [0.1, 0.15) is 29.7 Å². The van der Waals surface area contributed by atoms with Gasteiger partial charge in [0.05, 0.1) is 13.0 Å². The Balaban J connectivity index is 1.34. The summed E-state index contributed by atoms with van der Waals surface area (Å²) in [6, 6.07) is 12.9. The van der Waals surface area contributed by atoms with Crippen LogP contribution in [0.3, 0.4) is 0 Å². The maximum Gasteiger partial charge on any atom is 0.230 e. The second-order valence-electron chi connectivity index (χ2n) is 8.34. The standard InChI is InChI=1S/C25H30FN3O2/c1-17(24-18(2)27-23-16-20(26)6-9-22(23)24)25(30)29-14-12-28(13-15-29)11-10-19-4-7-21(31-3)8-5-19/h4-9,16-17,27H,10-15H2,1-3H3. The maximum absolute atomic E-state index is 13.6. The number of halogens is 1. The number of hydrogen-bond acceptors (Lipinski definition) is 3. The Kier molecular flexibility index (Phi) is 6.28. The van der Waals surface area contributed by atoms with Crippen LogP contribution in [-0.2, 0) is 11.2 Å². The number of hydrogen-bond donors (Lipinski definition) is 1. The van der Waals surface area contributed by atoms with Gasteiger partial charge < -0.3 is 14.6 Å². The Morgan fingerprint density at radius 1 is 1.13 bits per heavy atom. The average Bonchev–Trinajstić information content (AvgIpc) is 3.12. The highest BCUT2D eigenvalue weighted by Crippen LogP contribution is 2.31. The highest BCUT2D eigenvalue weighted by Gasteiger charge is 2.28. The molecule has 0 radical (unpaired) electrons. The number of piperazine rings is 1. The fourth-order valence-corrected chi connectivity index (χ4v) is 4.55. The Bertz CT molecular complexity index is 1050. The van der Waals surface area contributed by atoms with Crippen LogP contribution in [0.4, 0.5) is 4.39 Å². The van der Waals surface area contributed by atoms with Gasteiger partial charge in [0.2, 0.25) is 5.91 Å². The lowest BCUT2D eigenvalue weighted by molar-refractivity contribution is -0.134. The van der Waals surface area contributed by atoms with Gasteiger partial charge in [-0.25, -0.2) is 4.39 Å². The summed E-state index contributed by atoms with van der Waals surface area (Å²) < 4.78 is 18.8. The molecule has 1 unspecified atom stereocenters. The Hall–Kier alpha value is -2.86. The fraction of sp³-hybridized carbons (Fsp3) is 0.400. The predicted molar refractivity (Wildman–Crippen MR) is 121 cm³/mol. The zero-order valence-electron chi connectivity index (χ0n) is 18.5. The van der Waals surface area contributed by atoms with Crippen molar-refractivity contribution in [1.29, 1.82) is 0 Å². The first-order valence-corrected chi connectivity index (χ1v) is 10.9. The third kappa shape index (κ3) is 4.59.